The van der Waals surface area contributed by atoms with Gasteiger partial charge in [-0.25, -0.2) is 9.97 Å². The van der Waals surface area contributed by atoms with Crippen LogP contribution in [0.3, 0.4) is 0 Å². The zero-order valence-corrected chi connectivity index (χ0v) is 18.6. The molecule has 1 aliphatic heterocycles. The molecule has 1 fully saturated rings. The van der Waals surface area contributed by atoms with E-state index in [1.807, 2.05) is 29.2 Å². The van der Waals surface area contributed by atoms with Crippen LogP contribution in [0.1, 0.15) is 15.9 Å². The third-order valence-electron chi connectivity index (χ3n) is 5.84. The summed E-state index contributed by atoms with van der Waals surface area (Å²) in [6, 6.07) is 11.8. The second-order valence-electron chi connectivity index (χ2n) is 7.93. The Balaban J connectivity index is 1.33. The number of nitrogens with zero attached hydrogens (tertiary/aromatic N) is 7. The highest BCUT2D eigenvalue weighted by molar-refractivity contribution is 5.94. The van der Waals surface area contributed by atoms with Crippen molar-refractivity contribution in [2.45, 2.75) is 6.18 Å². The average Bonchev–Trinajstić information content (AvgIpc) is 3.32. The van der Waals surface area contributed by atoms with Crippen LogP contribution in [-0.2, 0) is 6.18 Å². The second-order valence-corrected chi connectivity index (χ2v) is 7.93. The molecule has 0 atom stereocenters. The maximum atomic E-state index is 13.0. The number of amides is 1. The van der Waals surface area contributed by atoms with Gasteiger partial charge in [-0.15, -0.1) is 5.10 Å². The number of piperazine rings is 1. The van der Waals surface area contributed by atoms with Crippen molar-refractivity contribution in [2.24, 2.45) is 0 Å². The first kappa shape index (κ1) is 22.6. The molecule has 180 valence electrons. The van der Waals surface area contributed by atoms with Crippen molar-refractivity contribution < 1.29 is 22.7 Å². The fourth-order valence-electron chi connectivity index (χ4n) is 4.00. The van der Waals surface area contributed by atoms with Crippen LogP contribution in [0.2, 0.25) is 0 Å². The molecule has 12 heteroatoms. The first-order valence-electron chi connectivity index (χ1n) is 10.8. The van der Waals surface area contributed by atoms with Crippen molar-refractivity contribution in [1.82, 2.24) is 29.9 Å². The molecule has 0 aliphatic carbocycles. The summed E-state index contributed by atoms with van der Waals surface area (Å²) >= 11 is 0. The number of methoxy groups -OCH3 is 1. The topological polar surface area (TPSA) is 89.3 Å². The van der Waals surface area contributed by atoms with Gasteiger partial charge in [-0.05, 0) is 42.5 Å². The molecule has 2 aromatic carbocycles. The minimum atomic E-state index is -4.50. The minimum Gasteiger partial charge on any atom is -0.497 e. The summed E-state index contributed by atoms with van der Waals surface area (Å²) in [5.41, 5.74) is 0.975. The average molecular weight is 483 g/mol. The molecule has 9 nitrogen and oxygen atoms in total. The van der Waals surface area contributed by atoms with Crippen molar-refractivity contribution in [3.8, 4) is 11.4 Å². The molecule has 0 unspecified atom stereocenters. The lowest BCUT2D eigenvalue weighted by Crippen LogP contribution is -2.49. The summed E-state index contributed by atoms with van der Waals surface area (Å²) in [6.45, 7) is 1.53. The summed E-state index contributed by atoms with van der Waals surface area (Å²) in [5, 5.41) is 8.50. The number of rotatable bonds is 4. The summed E-state index contributed by atoms with van der Waals surface area (Å²) in [5.74, 6) is 0.862. The van der Waals surface area contributed by atoms with Gasteiger partial charge in [0, 0.05) is 31.7 Å². The van der Waals surface area contributed by atoms with E-state index in [2.05, 4.69) is 20.3 Å². The number of hydrogen-bond acceptors (Lipinski definition) is 7. The zero-order chi connectivity index (χ0) is 24.6. The highest BCUT2D eigenvalue weighted by atomic mass is 19.4. The molecule has 0 spiro atoms. The number of benzene rings is 2. The van der Waals surface area contributed by atoms with Gasteiger partial charge in [-0.2, -0.15) is 17.9 Å². The first-order chi connectivity index (χ1) is 16.8. The number of anilines is 1. The predicted molar refractivity (Wildman–Crippen MR) is 121 cm³/mol. The number of halogens is 3. The van der Waals surface area contributed by atoms with Gasteiger partial charge in [0.2, 0.25) is 0 Å². The maximum Gasteiger partial charge on any atom is 0.416 e. The number of ether oxygens (including phenoxy) is 1. The largest absolute Gasteiger partial charge is 0.497 e. The summed E-state index contributed by atoms with van der Waals surface area (Å²) in [4.78, 5) is 25.0. The van der Waals surface area contributed by atoms with Gasteiger partial charge in [0.25, 0.3) is 5.91 Å². The minimum absolute atomic E-state index is 0.0140. The summed E-state index contributed by atoms with van der Waals surface area (Å²) in [6.07, 6.45) is -3.07. The van der Waals surface area contributed by atoms with Crippen LogP contribution in [0.4, 0.5) is 19.0 Å². The molecule has 1 amide bonds. The number of carbonyl (C=O) groups is 1. The number of alkyl halides is 3. The van der Waals surface area contributed by atoms with Crippen molar-refractivity contribution in [2.75, 3.05) is 38.2 Å². The molecular weight excluding hydrogens is 463 g/mol. The van der Waals surface area contributed by atoms with Crippen LogP contribution in [0, 0.1) is 0 Å². The van der Waals surface area contributed by atoms with E-state index in [0.717, 1.165) is 17.8 Å². The van der Waals surface area contributed by atoms with E-state index in [9.17, 15) is 18.0 Å². The maximum absolute atomic E-state index is 13.0. The molecule has 0 saturated carbocycles. The van der Waals surface area contributed by atoms with Crippen LogP contribution in [0.5, 0.6) is 5.75 Å². The van der Waals surface area contributed by atoms with Crippen molar-refractivity contribution in [3.05, 3.63) is 66.0 Å². The molecule has 2 aromatic heterocycles. The number of fused-ring (bicyclic) bond motifs is 1. The number of hydrogen-bond donors (Lipinski definition) is 0. The van der Waals surface area contributed by atoms with Crippen molar-refractivity contribution in [3.63, 3.8) is 0 Å². The molecule has 1 saturated heterocycles. The van der Waals surface area contributed by atoms with Gasteiger partial charge in [0.05, 0.1) is 18.4 Å². The van der Waals surface area contributed by atoms with E-state index in [0.29, 0.717) is 48.9 Å². The molecule has 0 bridgehead atoms. The van der Waals surface area contributed by atoms with Gasteiger partial charge < -0.3 is 14.5 Å². The molecule has 5 rings (SSSR count). The highest BCUT2D eigenvalue weighted by Crippen LogP contribution is 2.30. The molecule has 0 N–H and O–H groups in total. The van der Waals surface area contributed by atoms with E-state index in [4.69, 9.17) is 4.74 Å². The van der Waals surface area contributed by atoms with Crippen LogP contribution in [0.25, 0.3) is 16.9 Å². The Morgan fingerprint density at radius 2 is 1.74 bits per heavy atom. The molecule has 4 aromatic rings. The molecule has 3 heterocycles. The molecule has 35 heavy (non-hydrogen) atoms. The predicted octanol–water partition coefficient (Wildman–Crippen LogP) is 3.20. The second kappa shape index (κ2) is 8.85. The molecule has 0 radical (unpaired) electrons. The highest BCUT2D eigenvalue weighted by Gasteiger charge is 2.32. The van der Waals surface area contributed by atoms with Gasteiger partial charge in [0.15, 0.2) is 17.0 Å². The third kappa shape index (κ3) is 4.34. The number of carbonyl (C=O) groups excluding carboxylic acids is 1. The van der Waals surface area contributed by atoms with E-state index in [-0.39, 0.29) is 5.56 Å². The van der Waals surface area contributed by atoms with Crippen molar-refractivity contribution in [1.29, 1.82) is 0 Å². The van der Waals surface area contributed by atoms with Crippen LogP contribution in [0.15, 0.2) is 54.9 Å². The van der Waals surface area contributed by atoms with Crippen LogP contribution < -0.4 is 9.64 Å². The Morgan fingerprint density at radius 3 is 2.43 bits per heavy atom. The normalized spacial score (nSPS) is 14.4. The van der Waals surface area contributed by atoms with E-state index < -0.39 is 17.6 Å². The van der Waals surface area contributed by atoms with Gasteiger partial charge in [-0.3, -0.25) is 4.79 Å². The number of aromatic nitrogens is 5. The Kier molecular flexibility index (Phi) is 5.71. The molecular formula is C23H20F3N7O2. The fourth-order valence-corrected chi connectivity index (χ4v) is 4.00. The van der Waals surface area contributed by atoms with Crippen LogP contribution in [-0.4, -0.2) is 69.1 Å². The SMILES string of the molecule is COc1ccc(-n2nnc3c(N4CCN(C(=O)c5cccc(C(F)(F)F)c5)CC4)ncnc32)cc1. The molecule has 1 aliphatic rings. The summed E-state index contributed by atoms with van der Waals surface area (Å²) < 4.78 is 45.9. The monoisotopic (exact) mass is 483 g/mol. The van der Waals surface area contributed by atoms with Gasteiger partial charge in [0.1, 0.15) is 12.1 Å². The van der Waals surface area contributed by atoms with Gasteiger partial charge in [-0.1, -0.05) is 11.3 Å². The van der Waals surface area contributed by atoms with E-state index in [1.54, 1.807) is 16.7 Å². The van der Waals surface area contributed by atoms with E-state index >= 15 is 0 Å². The lowest BCUT2D eigenvalue weighted by molar-refractivity contribution is -0.137. The zero-order valence-electron chi connectivity index (χ0n) is 18.6. The Morgan fingerprint density at radius 1 is 1.00 bits per heavy atom. The summed E-state index contributed by atoms with van der Waals surface area (Å²) in [7, 11) is 1.59. The fraction of sp³-hybridized carbons (Fsp3) is 0.261. The first-order valence-corrected chi connectivity index (χ1v) is 10.8. The van der Waals surface area contributed by atoms with Crippen molar-refractivity contribution >= 4 is 22.9 Å². The van der Waals surface area contributed by atoms with Gasteiger partial charge >= 0.3 is 6.18 Å². The third-order valence-corrected chi connectivity index (χ3v) is 5.84. The Bertz CT molecular complexity index is 1360. The lowest BCUT2D eigenvalue weighted by atomic mass is 10.1. The van der Waals surface area contributed by atoms with E-state index in [1.165, 1.54) is 18.5 Å². The van der Waals surface area contributed by atoms with Crippen LogP contribution >= 0.6 is 0 Å². The Labute approximate surface area is 197 Å². The smallest absolute Gasteiger partial charge is 0.416 e. The quantitative estimate of drug-likeness (QED) is 0.440. The Hall–Kier alpha value is -4.22. The standard InChI is InChI=1S/C23H20F3N7O2/c1-35-18-7-5-17(6-8-18)33-21-19(29-30-33)20(27-14-28-21)31-9-11-32(12-10-31)22(34)15-3-2-4-16(13-15)23(24,25)26/h2-8,13-14H,9-12H2,1H3. The lowest BCUT2D eigenvalue weighted by Gasteiger charge is -2.35.